The van der Waals surface area contributed by atoms with Crippen molar-refractivity contribution in [2.75, 3.05) is 36.3 Å². The number of esters is 1. The molecule has 236 valence electrons. The highest BCUT2D eigenvalue weighted by Crippen LogP contribution is 2.41. The third-order valence-electron chi connectivity index (χ3n) is 6.69. The number of hydrogen-bond donors (Lipinski definition) is 3. The van der Waals surface area contributed by atoms with Gasteiger partial charge in [-0.05, 0) is 61.4 Å². The van der Waals surface area contributed by atoms with Crippen LogP contribution in [0.1, 0.15) is 21.5 Å². The van der Waals surface area contributed by atoms with Crippen LogP contribution < -0.4 is 21.3 Å². The highest BCUT2D eigenvalue weighted by atomic mass is 31.2. The number of anilines is 5. The molecule has 0 aliphatic rings. The lowest BCUT2D eigenvalue weighted by molar-refractivity contribution is -0.137. The van der Waals surface area contributed by atoms with Crippen molar-refractivity contribution in [1.29, 1.82) is 0 Å². The second-order valence-electron chi connectivity index (χ2n) is 10.4. The molecule has 0 atom stereocenters. The average molecular weight is 648 g/mol. The normalized spacial score (nSPS) is 11.5. The molecular weight excluding hydrogens is 618 g/mol. The maximum atomic E-state index is 14.0. The molecule has 0 saturated heterocycles. The molecule has 10 nitrogen and oxygen atoms in total. The Hall–Kier alpha value is -5.29. The van der Waals surface area contributed by atoms with E-state index in [4.69, 9.17) is 4.74 Å². The van der Waals surface area contributed by atoms with Crippen molar-refractivity contribution in [1.82, 2.24) is 19.9 Å². The predicted molar refractivity (Wildman–Crippen MR) is 172 cm³/mol. The smallest absolute Gasteiger partial charge is 0.421 e. The van der Waals surface area contributed by atoms with Gasteiger partial charge >= 0.3 is 12.1 Å². The summed E-state index contributed by atoms with van der Waals surface area (Å²) in [5, 5.41) is 8.77. The van der Waals surface area contributed by atoms with Crippen molar-refractivity contribution in [3.8, 4) is 11.3 Å². The minimum atomic E-state index is -4.78. The Morgan fingerprint density at radius 1 is 0.891 bits per heavy atom. The van der Waals surface area contributed by atoms with Crippen molar-refractivity contribution in [3.05, 3.63) is 108 Å². The number of aromatic nitrogens is 4. The molecule has 5 aromatic rings. The fraction of sp³-hybridized carbons (Fsp3) is 0.156. The van der Waals surface area contributed by atoms with E-state index < -0.39 is 30.7 Å². The van der Waals surface area contributed by atoms with Gasteiger partial charge in [-0.15, -0.1) is 0 Å². The van der Waals surface area contributed by atoms with E-state index in [1.807, 2.05) is 30.3 Å². The third kappa shape index (κ3) is 7.86. The number of ether oxygens (including phenoxy) is 1. The minimum absolute atomic E-state index is 0.114. The average Bonchev–Trinajstić information content (AvgIpc) is 3.04. The molecule has 0 aliphatic heterocycles. The first kappa shape index (κ1) is 32.1. The van der Waals surface area contributed by atoms with Gasteiger partial charge in [-0.3, -0.25) is 0 Å². The van der Waals surface area contributed by atoms with Gasteiger partial charge in [0, 0.05) is 36.0 Å². The molecule has 14 heteroatoms. The second kappa shape index (κ2) is 13.4. The van der Waals surface area contributed by atoms with Crippen molar-refractivity contribution in [2.45, 2.75) is 12.8 Å². The largest absolute Gasteiger partial charge is 0.457 e. The zero-order valence-electron chi connectivity index (χ0n) is 25.0. The van der Waals surface area contributed by atoms with Crippen molar-refractivity contribution < 1.29 is 27.3 Å². The van der Waals surface area contributed by atoms with Gasteiger partial charge in [0.05, 0.1) is 16.9 Å². The Balaban J connectivity index is 1.39. The Labute approximate surface area is 262 Å². The van der Waals surface area contributed by atoms with Crippen LogP contribution in [0.15, 0.2) is 91.3 Å². The number of carbonyl (C=O) groups is 1. The highest BCUT2D eigenvalue weighted by molar-refractivity contribution is 7.70. The molecule has 2 aromatic heterocycles. The van der Waals surface area contributed by atoms with Gasteiger partial charge in [0.25, 0.3) is 0 Å². The maximum absolute atomic E-state index is 14.0. The SMILES string of the molecule is CNc1nccc(-c2ccc(Nc3nc(Nc4ccc(C(=O)OCc5ccccc5)cc4)ncc3C(F)(F)F)c(P(C)(C)=O)c2)n1. The Morgan fingerprint density at radius 3 is 2.30 bits per heavy atom. The van der Waals surface area contributed by atoms with Crippen LogP contribution in [-0.2, 0) is 22.1 Å². The minimum Gasteiger partial charge on any atom is -0.457 e. The molecule has 3 N–H and O–H groups in total. The lowest BCUT2D eigenvalue weighted by Crippen LogP contribution is -2.16. The first-order valence-electron chi connectivity index (χ1n) is 13.9. The lowest BCUT2D eigenvalue weighted by Gasteiger charge is -2.19. The molecule has 0 unspecified atom stereocenters. The van der Waals surface area contributed by atoms with Gasteiger partial charge < -0.3 is 25.3 Å². The molecule has 0 aliphatic carbocycles. The molecule has 5 rings (SSSR count). The highest BCUT2D eigenvalue weighted by Gasteiger charge is 2.36. The quantitative estimate of drug-likeness (QED) is 0.107. The zero-order valence-corrected chi connectivity index (χ0v) is 25.9. The van der Waals surface area contributed by atoms with Crippen LogP contribution in [0.25, 0.3) is 11.3 Å². The fourth-order valence-electron chi connectivity index (χ4n) is 4.38. The Morgan fingerprint density at radius 2 is 1.63 bits per heavy atom. The number of alkyl halides is 3. The molecule has 0 spiro atoms. The van der Waals surface area contributed by atoms with Crippen LogP contribution in [0.5, 0.6) is 0 Å². The van der Waals surface area contributed by atoms with Crippen LogP contribution in [0.4, 0.5) is 42.3 Å². The first-order chi connectivity index (χ1) is 21.9. The van der Waals surface area contributed by atoms with Crippen LogP contribution >= 0.6 is 7.14 Å². The summed E-state index contributed by atoms with van der Waals surface area (Å²) in [5.41, 5.74) is 1.79. The zero-order chi connectivity index (χ0) is 32.9. The van der Waals surface area contributed by atoms with E-state index in [2.05, 4.69) is 35.9 Å². The summed E-state index contributed by atoms with van der Waals surface area (Å²) >= 11 is 0. The Bertz CT molecular complexity index is 1900. The Kier molecular flexibility index (Phi) is 9.33. The van der Waals surface area contributed by atoms with E-state index in [1.165, 1.54) is 31.5 Å². The topological polar surface area (TPSA) is 131 Å². The molecule has 0 radical (unpaired) electrons. The number of carbonyl (C=O) groups excluding carboxylic acids is 1. The third-order valence-corrected chi connectivity index (χ3v) is 8.22. The lowest BCUT2D eigenvalue weighted by atomic mass is 10.1. The summed E-state index contributed by atoms with van der Waals surface area (Å²) in [6.45, 7) is 3.16. The summed E-state index contributed by atoms with van der Waals surface area (Å²) in [7, 11) is -1.34. The van der Waals surface area contributed by atoms with Crippen LogP contribution in [0.3, 0.4) is 0 Å². The molecule has 0 fully saturated rings. The molecule has 0 bridgehead atoms. The number of halogens is 3. The van der Waals surface area contributed by atoms with Crippen molar-refractivity contribution in [3.63, 3.8) is 0 Å². The van der Waals surface area contributed by atoms with Gasteiger partial charge in [0.2, 0.25) is 11.9 Å². The van der Waals surface area contributed by atoms with Gasteiger partial charge in [0.15, 0.2) is 0 Å². The summed E-state index contributed by atoms with van der Waals surface area (Å²) in [6, 6.07) is 21.9. The summed E-state index contributed by atoms with van der Waals surface area (Å²) in [6.07, 6.45) is -2.55. The number of nitrogens with zero attached hydrogens (tertiary/aromatic N) is 4. The van der Waals surface area contributed by atoms with Crippen LogP contribution in [-0.4, -0.2) is 46.3 Å². The first-order valence-corrected chi connectivity index (χ1v) is 16.5. The van der Waals surface area contributed by atoms with Crippen molar-refractivity contribution >= 4 is 47.5 Å². The number of nitrogens with one attached hydrogen (secondary N) is 3. The predicted octanol–water partition coefficient (Wildman–Crippen LogP) is 7.09. The van der Waals surface area contributed by atoms with Gasteiger partial charge in [-0.25, -0.2) is 19.7 Å². The van der Waals surface area contributed by atoms with Crippen LogP contribution in [0.2, 0.25) is 0 Å². The number of rotatable bonds is 10. The molecule has 0 amide bonds. The monoisotopic (exact) mass is 647 g/mol. The van der Waals surface area contributed by atoms with E-state index in [0.717, 1.165) is 5.56 Å². The van der Waals surface area contributed by atoms with Crippen LogP contribution in [0, 0.1) is 0 Å². The maximum Gasteiger partial charge on any atom is 0.421 e. The standard InChI is InChI=1S/C32H29F3N7O3P/c1-36-30-37-16-15-25(41-30)22-11-14-26(27(17-22)46(2,3)44)40-28-24(32(33,34)35)18-38-31(42-28)39-23-12-9-21(10-13-23)29(43)45-19-20-7-5-4-6-8-20/h4-18H,19H2,1-3H3,(H,36,37,41)(H2,38,39,40,42). The molecule has 2 heterocycles. The fourth-order valence-corrected chi connectivity index (χ4v) is 5.54. The number of benzene rings is 3. The van der Waals surface area contributed by atoms with E-state index in [-0.39, 0.29) is 18.2 Å². The van der Waals surface area contributed by atoms with Crippen molar-refractivity contribution in [2.24, 2.45) is 0 Å². The number of hydrogen-bond acceptors (Lipinski definition) is 10. The van der Waals surface area contributed by atoms with Gasteiger partial charge in [-0.2, -0.15) is 18.2 Å². The van der Waals surface area contributed by atoms with E-state index >= 15 is 0 Å². The molecular formula is C32H29F3N7O3P. The second-order valence-corrected chi connectivity index (χ2v) is 13.6. The van der Waals surface area contributed by atoms with Gasteiger partial charge in [0.1, 0.15) is 25.1 Å². The van der Waals surface area contributed by atoms with Gasteiger partial charge in [-0.1, -0.05) is 36.4 Å². The summed E-state index contributed by atoms with van der Waals surface area (Å²) < 4.78 is 60.8. The molecule has 0 saturated carbocycles. The van der Waals surface area contributed by atoms with E-state index in [1.54, 1.807) is 43.6 Å². The van der Waals surface area contributed by atoms with E-state index in [9.17, 15) is 22.5 Å². The molecule has 3 aromatic carbocycles. The molecule has 46 heavy (non-hydrogen) atoms. The summed E-state index contributed by atoms with van der Waals surface area (Å²) in [4.78, 5) is 28.9. The summed E-state index contributed by atoms with van der Waals surface area (Å²) in [5.74, 6) is -0.815. The van der Waals surface area contributed by atoms with E-state index in [0.29, 0.717) is 40.0 Å².